The van der Waals surface area contributed by atoms with Crippen LogP contribution in [0.25, 0.3) is 0 Å². The molecular formula is C11H16O4. The highest BCUT2D eigenvalue weighted by Gasteiger charge is 2.34. The Morgan fingerprint density at radius 2 is 1.87 bits per heavy atom. The van der Waals surface area contributed by atoms with E-state index in [9.17, 15) is 9.90 Å². The number of aliphatic hydroxyl groups is 1. The fraction of sp³-hybridized carbons (Fsp3) is 0.545. The van der Waals surface area contributed by atoms with Gasteiger partial charge in [-0.3, -0.25) is 4.79 Å². The maximum Gasteiger partial charge on any atom is 0.309 e. The average molecular weight is 212 g/mol. The van der Waals surface area contributed by atoms with Crippen molar-refractivity contribution < 1.29 is 19.7 Å². The lowest BCUT2D eigenvalue weighted by Gasteiger charge is -2.21. The summed E-state index contributed by atoms with van der Waals surface area (Å²) >= 11 is 0. The molecule has 1 aliphatic heterocycles. The number of aliphatic hydroxyl groups excluding tert-OH is 1. The van der Waals surface area contributed by atoms with Gasteiger partial charge in [0.15, 0.2) is 0 Å². The molecule has 0 amide bonds. The quantitative estimate of drug-likeness (QED) is 0.684. The van der Waals surface area contributed by atoms with Gasteiger partial charge < -0.3 is 14.9 Å². The van der Waals surface area contributed by atoms with Gasteiger partial charge in [0.05, 0.1) is 18.1 Å². The number of ether oxygens (including phenoxy) is 1. The fourth-order valence-electron chi connectivity index (χ4n) is 1.74. The number of carboxylic acid groups (broad SMARTS) is 1. The Hall–Kier alpha value is -1.13. The minimum Gasteiger partial charge on any atom is -0.481 e. The molecule has 4 nitrogen and oxygen atoms in total. The molecule has 0 aromatic rings. The minimum atomic E-state index is -0.920. The van der Waals surface area contributed by atoms with Crippen molar-refractivity contribution in [2.45, 2.75) is 31.2 Å². The normalized spacial score (nSPS) is 36.6. The molecule has 1 rings (SSSR count). The number of rotatable bonds is 3. The molecule has 0 bridgehead atoms. The first-order valence-electron chi connectivity index (χ1n) is 4.91. The molecule has 0 aromatic carbocycles. The molecule has 15 heavy (non-hydrogen) atoms. The average Bonchev–Trinajstić information content (AvgIpc) is 2.37. The van der Waals surface area contributed by atoms with E-state index in [1.165, 1.54) is 12.2 Å². The number of aliphatic carboxylic acids is 1. The summed E-state index contributed by atoms with van der Waals surface area (Å²) in [6, 6.07) is 0. The number of hydrogen-bond acceptors (Lipinski definition) is 3. The second kappa shape index (κ2) is 5.09. The number of carbonyl (C=O) groups is 1. The molecule has 0 aromatic heterocycles. The first-order valence-corrected chi connectivity index (χ1v) is 4.91. The molecule has 4 heteroatoms. The molecule has 1 heterocycles. The van der Waals surface area contributed by atoms with Crippen molar-refractivity contribution in [1.29, 1.82) is 0 Å². The molecule has 1 aliphatic rings. The summed E-state index contributed by atoms with van der Waals surface area (Å²) in [7, 11) is 0. The Morgan fingerprint density at radius 3 is 2.33 bits per heavy atom. The Kier molecular flexibility index (Phi) is 4.05. The Bertz CT molecular complexity index is 261. The van der Waals surface area contributed by atoms with Gasteiger partial charge in [0.1, 0.15) is 6.10 Å². The van der Waals surface area contributed by atoms with Gasteiger partial charge in [-0.1, -0.05) is 12.2 Å². The maximum absolute atomic E-state index is 10.9. The number of carboxylic acids is 1. The van der Waals surface area contributed by atoms with Crippen molar-refractivity contribution in [1.82, 2.24) is 0 Å². The highest BCUT2D eigenvalue weighted by molar-refractivity contribution is 5.71. The molecule has 0 spiro atoms. The van der Waals surface area contributed by atoms with Crippen LogP contribution in [0.5, 0.6) is 0 Å². The van der Waals surface area contributed by atoms with E-state index in [4.69, 9.17) is 9.84 Å². The molecule has 0 aliphatic carbocycles. The third-order valence-electron chi connectivity index (χ3n) is 2.65. The van der Waals surface area contributed by atoms with Crippen LogP contribution < -0.4 is 0 Å². The van der Waals surface area contributed by atoms with Crippen molar-refractivity contribution in [2.75, 3.05) is 0 Å². The van der Waals surface area contributed by atoms with E-state index in [0.29, 0.717) is 12.8 Å². The van der Waals surface area contributed by atoms with Gasteiger partial charge in [0.2, 0.25) is 0 Å². The predicted molar refractivity (Wildman–Crippen MR) is 55.4 cm³/mol. The zero-order valence-electron chi connectivity index (χ0n) is 8.50. The standard InChI is InChI=1S/C11H16O4/c1-3-9-7(11(13)14)5-6-8(12)10(4-2)15-9/h3-4,7-10,12H,1-2,5-6H2,(H,13,14)/t7-,8+,9-,10+/m1/s1. The predicted octanol–water partition coefficient (Wildman–Crippen LogP) is 0.968. The van der Waals surface area contributed by atoms with Crippen molar-refractivity contribution in [3.05, 3.63) is 25.3 Å². The molecule has 0 unspecified atom stereocenters. The molecule has 1 fully saturated rings. The Labute approximate surface area is 88.9 Å². The van der Waals surface area contributed by atoms with Crippen LogP contribution in [-0.2, 0) is 9.53 Å². The van der Waals surface area contributed by atoms with Crippen molar-refractivity contribution in [3.63, 3.8) is 0 Å². The summed E-state index contributed by atoms with van der Waals surface area (Å²) in [6.07, 6.45) is 1.98. The van der Waals surface area contributed by atoms with Crippen LogP contribution in [0, 0.1) is 5.92 Å². The smallest absolute Gasteiger partial charge is 0.309 e. The third kappa shape index (κ3) is 2.67. The van der Waals surface area contributed by atoms with Crippen LogP contribution >= 0.6 is 0 Å². The fourth-order valence-corrected chi connectivity index (χ4v) is 1.74. The first-order chi connectivity index (χ1) is 7.10. The maximum atomic E-state index is 10.9. The van der Waals surface area contributed by atoms with Crippen LogP contribution in [0.15, 0.2) is 25.3 Å². The van der Waals surface area contributed by atoms with Crippen molar-refractivity contribution in [3.8, 4) is 0 Å². The summed E-state index contributed by atoms with van der Waals surface area (Å²) in [4.78, 5) is 10.9. The van der Waals surface area contributed by atoms with Gasteiger partial charge in [0.25, 0.3) is 0 Å². The molecule has 0 radical (unpaired) electrons. The van der Waals surface area contributed by atoms with Crippen LogP contribution in [0.4, 0.5) is 0 Å². The second-order valence-electron chi connectivity index (χ2n) is 3.63. The number of hydrogen-bond donors (Lipinski definition) is 2. The molecule has 1 saturated heterocycles. The van der Waals surface area contributed by atoms with E-state index < -0.39 is 30.2 Å². The molecule has 0 saturated carbocycles. The highest BCUT2D eigenvalue weighted by Crippen LogP contribution is 2.25. The van der Waals surface area contributed by atoms with Crippen LogP contribution in [0.1, 0.15) is 12.8 Å². The van der Waals surface area contributed by atoms with Crippen LogP contribution in [0.3, 0.4) is 0 Å². The SMILES string of the molecule is C=C[C@@H]1O[C@H](C=C)[C@H](C(=O)O)CC[C@@H]1O. The topological polar surface area (TPSA) is 66.8 Å². The van der Waals surface area contributed by atoms with E-state index >= 15 is 0 Å². The molecular weight excluding hydrogens is 196 g/mol. The van der Waals surface area contributed by atoms with E-state index in [2.05, 4.69) is 13.2 Å². The van der Waals surface area contributed by atoms with Gasteiger partial charge >= 0.3 is 5.97 Å². The van der Waals surface area contributed by atoms with Gasteiger partial charge in [-0.2, -0.15) is 0 Å². The van der Waals surface area contributed by atoms with Crippen molar-refractivity contribution in [2.24, 2.45) is 5.92 Å². The summed E-state index contributed by atoms with van der Waals surface area (Å²) in [6.45, 7) is 7.10. The van der Waals surface area contributed by atoms with Gasteiger partial charge in [-0.15, -0.1) is 13.2 Å². The highest BCUT2D eigenvalue weighted by atomic mass is 16.5. The van der Waals surface area contributed by atoms with E-state index in [-0.39, 0.29) is 0 Å². The van der Waals surface area contributed by atoms with E-state index in [0.717, 1.165) is 0 Å². The zero-order valence-corrected chi connectivity index (χ0v) is 8.50. The van der Waals surface area contributed by atoms with Gasteiger partial charge in [-0.25, -0.2) is 0 Å². The molecule has 4 atom stereocenters. The summed E-state index contributed by atoms with van der Waals surface area (Å²) < 4.78 is 5.43. The monoisotopic (exact) mass is 212 g/mol. The lowest BCUT2D eigenvalue weighted by Crippen LogP contribution is -2.31. The first kappa shape index (κ1) is 11.9. The van der Waals surface area contributed by atoms with Gasteiger partial charge in [-0.05, 0) is 12.8 Å². The summed E-state index contributed by atoms with van der Waals surface area (Å²) in [5, 5.41) is 18.6. The lowest BCUT2D eigenvalue weighted by molar-refractivity contribution is -0.146. The van der Waals surface area contributed by atoms with E-state index in [1.54, 1.807) is 0 Å². The molecule has 84 valence electrons. The largest absolute Gasteiger partial charge is 0.481 e. The van der Waals surface area contributed by atoms with Crippen molar-refractivity contribution >= 4 is 5.97 Å². The van der Waals surface area contributed by atoms with Gasteiger partial charge in [0, 0.05) is 0 Å². The summed E-state index contributed by atoms with van der Waals surface area (Å²) in [5.74, 6) is -1.56. The lowest BCUT2D eigenvalue weighted by atomic mass is 9.96. The Morgan fingerprint density at radius 1 is 1.27 bits per heavy atom. The zero-order chi connectivity index (χ0) is 11.4. The van der Waals surface area contributed by atoms with E-state index in [1.807, 2.05) is 0 Å². The Balaban J connectivity index is 2.83. The van der Waals surface area contributed by atoms with Crippen LogP contribution in [-0.4, -0.2) is 34.5 Å². The van der Waals surface area contributed by atoms with Crippen LogP contribution in [0.2, 0.25) is 0 Å². The summed E-state index contributed by atoms with van der Waals surface area (Å²) in [5.41, 5.74) is 0. The second-order valence-corrected chi connectivity index (χ2v) is 3.63. The third-order valence-corrected chi connectivity index (χ3v) is 2.65. The molecule has 2 N–H and O–H groups in total. The minimum absolute atomic E-state index is 0.386.